The SMILES string of the molecule is CCCCC(CNC)C1CC1. The molecule has 0 bridgehead atoms. The summed E-state index contributed by atoms with van der Waals surface area (Å²) in [7, 11) is 2.07. The molecule has 0 spiro atoms. The van der Waals surface area contributed by atoms with E-state index in [2.05, 4.69) is 19.3 Å². The summed E-state index contributed by atoms with van der Waals surface area (Å²) in [6.45, 7) is 3.52. The van der Waals surface area contributed by atoms with Crippen LogP contribution in [0, 0.1) is 11.8 Å². The van der Waals surface area contributed by atoms with Crippen molar-refractivity contribution in [2.75, 3.05) is 13.6 Å². The van der Waals surface area contributed by atoms with Crippen LogP contribution in [0.2, 0.25) is 0 Å². The number of hydrogen-bond acceptors (Lipinski definition) is 1. The third-order valence-electron chi connectivity index (χ3n) is 2.68. The van der Waals surface area contributed by atoms with E-state index in [-0.39, 0.29) is 0 Å². The molecule has 1 fully saturated rings. The van der Waals surface area contributed by atoms with Gasteiger partial charge in [0.25, 0.3) is 0 Å². The highest BCUT2D eigenvalue weighted by molar-refractivity contribution is 4.82. The maximum Gasteiger partial charge on any atom is -0.00209 e. The molecule has 1 heteroatoms. The van der Waals surface area contributed by atoms with Gasteiger partial charge in [-0.3, -0.25) is 0 Å². The Morgan fingerprint density at radius 3 is 2.64 bits per heavy atom. The number of nitrogens with one attached hydrogen (secondary N) is 1. The van der Waals surface area contributed by atoms with Crippen LogP contribution in [0.4, 0.5) is 0 Å². The molecule has 0 aromatic heterocycles. The van der Waals surface area contributed by atoms with Crippen LogP contribution >= 0.6 is 0 Å². The summed E-state index contributed by atoms with van der Waals surface area (Å²) in [4.78, 5) is 0. The van der Waals surface area contributed by atoms with E-state index in [9.17, 15) is 0 Å². The van der Waals surface area contributed by atoms with Crippen LogP contribution in [0.5, 0.6) is 0 Å². The molecule has 1 aliphatic carbocycles. The Balaban J connectivity index is 2.10. The smallest absolute Gasteiger partial charge is 0.00209 e. The van der Waals surface area contributed by atoms with Gasteiger partial charge in [-0.2, -0.15) is 0 Å². The second-order valence-electron chi connectivity index (χ2n) is 3.80. The molecule has 11 heavy (non-hydrogen) atoms. The molecule has 1 N–H and O–H groups in total. The lowest BCUT2D eigenvalue weighted by molar-refractivity contribution is 0.399. The van der Waals surface area contributed by atoms with Crippen LogP contribution in [-0.4, -0.2) is 13.6 Å². The van der Waals surface area contributed by atoms with Crippen molar-refractivity contribution < 1.29 is 0 Å². The van der Waals surface area contributed by atoms with Crippen molar-refractivity contribution in [2.45, 2.75) is 39.0 Å². The predicted molar refractivity (Wildman–Crippen MR) is 49.7 cm³/mol. The first-order valence-electron chi connectivity index (χ1n) is 5.03. The summed E-state index contributed by atoms with van der Waals surface area (Å²) < 4.78 is 0. The molecule has 0 aromatic carbocycles. The van der Waals surface area contributed by atoms with E-state index in [0.717, 1.165) is 11.8 Å². The summed E-state index contributed by atoms with van der Waals surface area (Å²) in [5, 5.41) is 3.30. The summed E-state index contributed by atoms with van der Waals surface area (Å²) in [6.07, 6.45) is 7.21. The van der Waals surface area contributed by atoms with Crippen LogP contribution in [0.15, 0.2) is 0 Å². The quantitative estimate of drug-likeness (QED) is 0.621. The number of rotatable bonds is 6. The van der Waals surface area contributed by atoms with E-state index < -0.39 is 0 Å². The normalized spacial score (nSPS) is 20.2. The highest BCUT2D eigenvalue weighted by Gasteiger charge is 2.29. The molecular weight excluding hydrogens is 134 g/mol. The Labute approximate surface area is 70.6 Å². The topological polar surface area (TPSA) is 12.0 Å². The summed E-state index contributed by atoms with van der Waals surface area (Å²) >= 11 is 0. The average Bonchev–Trinajstić information content (AvgIpc) is 2.80. The van der Waals surface area contributed by atoms with Gasteiger partial charge in [-0.1, -0.05) is 19.8 Å². The van der Waals surface area contributed by atoms with Gasteiger partial charge in [0.1, 0.15) is 0 Å². The Hall–Kier alpha value is -0.0400. The van der Waals surface area contributed by atoms with Crippen LogP contribution < -0.4 is 5.32 Å². The number of unbranched alkanes of at least 4 members (excludes halogenated alkanes) is 1. The molecule has 0 aromatic rings. The zero-order chi connectivity index (χ0) is 8.10. The van der Waals surface area contributed by atoms with E-state index in [1.54, 1.807) is 0 Å². The third kappa shape index (κ3) is 3.24. The monoisotopic (exact) mass is 155 g/mol. The fourth-order valence-corrected chi connectivity index (χ4v) is 1.80. The lowest BCUT2D eigenvalue weighted by Gasteiger charge is -2.14. The molecule has 66 valence electrons. The van der Waals surface area contributed by atoms with Crippen molar-refractivity contribution in [3.05, 3.63) is 0 Å². The third-order valence-corrected chi connectivity index (χ3v) is 2.68. The fourth-order valence-electron chi connectivity index (χ4n) is 1.80. The Morgan fingerprint density at radius 2 is 2.18 bits per heavy atom. The molecular formula is C10H21N. The van der Waals surface area contributed by atoms with Crippen molar-refractivity contribution in [1.82, 2.24) is 5.32 Å². The highest BCUT2D eigenvalue weighted by Crippen LogP contribution is 2.38. The second kappa shape index (κ2) is 4.76. The van der Waals surface area contributed by atoms with Gasteiger partial charge in [0.2, 0.25) is 0 Å². The standard InChI is InChI=1S/C10H21N/c1-3-4-5-10(8-11-2)9-6-7-9/h9-11H,3-8H2,1-2H3. The first kappa shape index (κ1) is 9.05. The molecule has 1 nitrogen and oxygen atoms in total. The van der Waals surface area contributed by atoms with Gasteiger partial charge in [0.05, 0.1) is 0 Å². The number of hydrogen-bond donors (Lipinski definition) is 1. The highest BCUT2D eigenvalue weighted by atomic mass is 14.8. The maximum absolute atomic E-state index is 3.30. The van der Waals surface area contributed by atoms with E-state index >= 15 is 0 Å². The minimum atomic E-state index is 0.986. The molecule has 0 heterocycles. The van der Waals surface area contributed by atoms with Crippen LogP contribution in [-0.2, 0) is 0 Å². The summed E-state index contributed by atoms with van der Waals surface area (Å²) in [5.74, 6) is 2.06. The molecule has 0 amide bonds. The lowest BCUT2D eigenvalue weighted by Crippen LogP contribution is -2.20. The van der Waals surface area contributed by atoms with Crippen molar-refractivity contribution in [3.8, 4) is 0 Å². The van der Waals surface area contributed by atoms with Gasteiger partial charge in [-0.05, 0) is 44.7 Å². The molecule has 0 radical (unpaired) electrons. The van der Waals surface area contributed by atoms with Crippen molar-refractivity contribution in [1.29, 1.82) is 0 Å². The fraction of sp³-hybridized carbons (Fsp3) is 1.00. The van der Waals surface area contributed by atoms with Gasteiger partial charge in [0.15, 0.2) is 0 Å². The van der Waals surface area contributed by atoms with Gasteiger partial charge in [-0.25, -0.2) is 0 Å². The van der Waals surface area contributed by atoms with Crippen LogP contribution in [0.25, 0.3) is 0 Å². The van der Waals surface area contributed by atoms with Crippen molar-refractivity contribution >= 4 is 0 Å². The Kier molecular flexibility index (Phi) is 3.92. The minimum absolute atomic E-state index is 0.986. The maximum atomic E-state index is 3.30. The van der Waals surface area contributed by atoms with Gasteiger partial charge < -0.3 is 5.32 Å². The zero-order valence-electron chi connectivity index (χ0n) is 7.90. The van der Waals surface area contributed by atoms with Crippen LogP contribution in [0.1, 0.15) is 39.0 Å². The molecule has 1 atom stereocenters. The van der Waals surface area contributed by atoms with Crippen molar-refractivity contribution in [2.24, 2.45) is 11.8 Å². The molecule has 1 aliphatic rings. The van der Waals surface area contributed by atoms with E-state index in [1.165, 1.54) is 38.6 Å². The Morgan fingerprint density at radius 1 is 1.45 bits per heavy atom. The summed E-state index contributed by atoms with van der Waals surface area (Å²) in [5.41, 5.74) is 0. The van der Waals surface area contributed by atoms with E-state index in [4.69, 9.17) is 0 Å². The van der Waals surface area contributed by atoms with E-state index in [0.29, 0.717) is 0 Å². The second-order valence-corrected chi connectivity index (χ2v) is 3.80. The average molecular weight is 155 g/mol. The first-order chi connectivity index (χ1) is 5.38. The van der Waals surface area contributed by atoms with Gasteiger partial charge >= 0.3 is 0 Å². The molecule has 0 aliphatic heterocycles. The molecule has 1 unspecified atom stereocenters. The van der Waals surface area contributed by atoms with E-state index in [1.807, 2.05) is 0 Å². The zero-order valence-corrected chi connectivity index (χ0v) is 7.90. The lowest BCUT2D eigenvalue weighted by atomic mass is 9.97. The first-order valence-corrected chi connectivity index (χ1v) is 5.03. The predicted octanol–water partition coefficient (Wildman–Crippen LogP) is 2.42. The molecule has 1 rings (SSSR count). The van der Waals surface area contributed by atoms with Gasteiger partial charge in [0, 0.05) is 0 Å². The summed E-state index contributed by atoms with van der Waals surface area (Å²) in [6, 6.07) is 0. The van der Waals surface area contributed by atoms with Crippen LogP contribution in [0.3, 0.4) is 0 Å². The molecule has 0 saturated heterocycles. The Bertz CT molecular complexity index is 97.0. The largest absolute Gasteiger partial charge is 0.319 e. The molecule has 1 saturated carbocycles. The minimum Gasteiger partial charge on any atom is -0.319 e. The van der Waals surface area contributed by atoms with Gasteiger partial charge in [-0.15, -0.1) is 0 Å². The van der Waals surface area contributed by atoms with Crippen molar-refractivity contribution in [3.63, 3.8) is 0 Å².